The standard InChI is InChI=1S/C15H18ClF2N3O2/c16-12-9-10(1-2-13(12)23-14(17)18)19-15(22)21-8-7-20-5-3-11(21)4-6-20/h1-2,9,11,14H,3-8H2,(H,19,22). The Hall–Kier alpha value is -1.60. The summed E-state index contributed by atoms with van der Waals surface area (Å²) in [4.78, 5) is 16.7. The summed E-state index contributed by atoms with van der Waals surface area (Å²) in [5.74, 6) is -0.110. The second-order valence-electron chi connectivity index (χ2n) is 5.72. The highest BCUT2D eigenvalue weighted by atomic mass is 35.5. The molecule has 1 aromatic carbocycles. The molecule has 2 amide bonds. The van der Waals surface area contributed by atoms with Gasteiger partial charge in [0.25, 0.3) is 0 Å². The van der Waals surface area contributed by atoms with E-state index in [1.54, 1.807) is 0 Å². The summed E-state index contributed by atoms with van der Waals surface area (Å²) in [6, 6.07) is 4.31. The van der Waals surface area contributed by atoms with E-state index in [1.807, 2.05) is 4.90 Å². The second-order valence-corrected chi connectivity index (χ2v) is 6.13. The normalized spacial score (nSPS) is 23.7. The van der Waals surface area contributed by atoms with Gasteiger partial charge in [-0.2, -0.15) is 8.78 Å². The number of nitrogens with zero attached hydrogens (tertiary/aromatic N) is 2. The fourth-order valence-corrected chi connectivity index (χ4v) is 3.34. The van der Waals surface area contributed by atoms with Gasteiger partial charge in [-0.3, -0.25) is 0 Å². The number of ether oxygens (including phenoxy) is 1. The lowest BCUT2D eigenvalue weighted by atomic mass is 10.1. The van der Waals surface area contributed by atoms with Gasteiger partial charge in [-0.1, -0.05) is 11.6 Å². The molecule has 4 rings (SSSR count). The highest BCUT2D eigenvalue weighted by molar-refractivity contribution is 6.32. The molecule has 1 aromatic rings. The Bertz CT molecular complexity index is 580. The van der Waals surface area contributed by atoms with E-state index in [0.29, 0.717) is 12.2 Å². The van der Waals surface area contributed by atoms with Gasteiger partial charge >= 0.3 is 12.6 Å². The molecule has 3 saturated heterocycles. The molecule has 23 heavy (non-hydrogen) atoms. The first-order chi connectivity index (χ1) is 11.0. The minimum atomic E-state index is -2.93. The molecule has 0 radical (unpaired) electrons. The van der Waals surface area contributed by atoms with Crippen LogP contribution in [0.25, 0.3) is 0 Å². The molecule has 8 heteroatoms. The van der Waals surface area contributed by atoms with Crippen LogP contribution in [0.15, 0.2) is 18.2 Å². The number of nitrogens with one attached hydrogen (secondary N) is 1. The first-order valence-electron chi connectivity index (χ1n) is 7.57. The van der Waals surface area contributed by atoms with Crippen molar-refractivity contribution in [2.45, 2.75) is 25.5 Å². The zero-order valence-corrected chi connectivity index (χ0v) is 13.2. The number of alkyl halides is 2. The Morgan fingerprint density at radius 1 is 1.26 bits per heavy atom. The number of halogens is 3. The fourth-order valence-electron chi connectivity index (χ4n) is 3.12. The van der Waals surface area contributed by atoms with E-state index in [0.717, 1.165) is 32.5 Å². The topological polar surface area (TPSA) is 44.8 Å². The highest BCUT2D eigenvalue weighted by Gasteiger charge is 2.31. The van der Waals surface area contributed by atoms with Gasteiger partial charge in [-0.05, 0) is 31.0 Å². The Labute approximate surface area is 138 Å². The van der Waals surface area contributed by atoms with Crippen LogP contribution in [0.5, 0.6) is 5.75 Å². The third kappa shape index (κ3) is 3.84. The van der Waals surface area contributed by atoms with Gasteiger partial charge in [0.15, 0.2) is 0 Å². The molecule has 0 saturated carbocycles. The van der Waals surface area contributed by atoms with Gasteiger partial charge in [0.2, 0.25) is 0 Å². The molecule has 3 aliphatic heterocycles. The number of rotatable bonds is 3. The Morgan fingerprint density at radius 2 is 2.00 bits per heavy atom. The van der Waals surface area contributed by atoms with Crippen LogP contribution in [0.1, 0.15) is 12.8 Å². The van der Waals surface area contributed by atoms with Crippen LogP contribution in [-0.2, 0) is 0 Å². The monoisotopic (exact) mass is 345 g/mol. The summed E-state index contributed by atoms with van der Waals surface area (Å²) in [5, 5.41) is 2.82. The predicted molar refractivity (Wildman–Crippen MR) is 83.3 cm³/mol. The van der Waals surface area contributed by atoms with Crippen LogP contribution in [-0.4, -0.2) is 54.7 Å². The van der Waals surface area contributed by atoms with Crippen LogP contribution in [0, 0.1) is 0 Å². The molecule has 126 valence electrons. The zero-order valence-electron chi connectivity index (χ0n) is 12.5. The van der Waals surface area contributed by atoms with Crippen LogP contribution >= 0.6 is 11.6 Å². The molecule has 2 bridgehead atoms. The van der Waals surface area contributed by atoms with E-state index in [4.69, 9.17) is 11.6 Å². The smallest absolute Gasteiger partial charge is 0.387 e. The minimum absolute atomic E-state index is 0.0333. The summed E-state index contributed by atoms with van der Waals surface area (Å²) < 4.78 is 28.7. The van der Waals surface area contributed by atoms with E-state index in [-0.39, 0.29) is 22.8 Å². The van der Waals surface area contributed by atoms with Gasteiger partial charge in [-0.15, -0.1) is 0 Å². The summed E-state index contributed by atoms with van der Waals surface area (Å²) in [5.41, 5.74) is 0.459. The van der Waals surface area contributed by atoms with Crippen LogP contribution in [0.3, 0.4) is 0 Å². The van der Waals surface area contributed by atoms with Crippen molar-refractivity contribution in [3.63, 3.8) is 0 Å². The van der Waals surface area contributed by atoms with Gasteiger partial charge in [0.1, 0.15) is 5.75 Å². The summed E-state index contributed by atoms with van der Waals surface area (Å²) >= 11 is 5.90. The lowest BCUT2D eigenvalue weighted by Gasteiger charge is -2.31. The molecule has 0 spiro atoms. The first-order valence-corrected chi connectivity index (χ1v) is 7.95. The van der Waals surface area contributed by atoms with E-state index in [9.17, 15) is 13.6 Å². The minimum Gasteiger partial charge on any atom is -0.433 e. The largest absolute Gasteiger partial charge is 0.433 e. The molecular weight excluding hydrogens is 328 g/mol. The lowest BCUT2D eigenvalue weighted by molar-refractivity contribution is -0.0497. The molecule has 3 fully saturated rings. The van der Waals surface area contributed by atoms with Gasteiger partial charge in [0.05, 0.1) is 5.02 Å². The van der Waals surface area contributed by atoms with Crippen LogP contribution < -0.4 is 10.1 Å². The summed E-state index contributed by atoms with van der Waals surface area (Å²) in [6.07, 6.45) is 1.96. The molecule has 0 atom stereocenters. The highest BCUT2D eigenvalue weighted by Crippen LogP contribution is 2.29. The van der Waals surface area contributed by atoms with Crippen molar-refractivity contribution < 1.29 is 18.3 Å². The number of carbonyl (C=O) groups is 1. The number of hydrogen-bond donors (Lipinski definition) is 1. The predicted octanol–water partition coefficient (Wildman–Crippen LogP) is 3.25. The van der Waals surface area contributed by atoms with Crippen molar-refractivity contribution in [3.05, 3.63) is 23.2 Å². The Morgan fingerprint density at radius 3 is 2.65 bits per heavy atom. The van der Waals surface area contributed by atoms with Gasteiger partial charge in [-0.25, -0.2) is 4.79 Å². The van der Waals surface area contributed by atoms with E-state index < -0.39 is 6.61 Å². The van der Waals surface area contributed by atoms with Crippen molar-refractivity contribution in [2.24, 2.45) is 0 Å². The van der Waals surface area contributed by atoms with E-state index in [1.165, 1.54) is 18.2 Å². The molecule has 3 aliphatic rings. The second kappa shape index (κ2) is 6.88. The third-order valence-electron chi connectivity index (χ3n) is 4.32. The molecular formula is C15H18ClF2N3O2. The molecule has 0 aromatic heterocycles. The van der Waals surface area contributed by atoms with E-state index in [2.05, 4.69) is 15.0 Å². The summed E-state index contributed by atoms with van der Waals surface area (Å²) in [6.45, 7) is 0.693. The van der Waals surface area contributed by atoms with Gasteiger partial charge < -0.3 is 19.9 Å². The van der Waals surface area contributed by atoms with E-state index >= 15 is 0 Å². The van der Waals surface area contributed by atoms with Crippen molar-refractivity contribution >= 4 is 23.3 Å². The molecule has 0 aliphatic carbocycles. The van der Waals surface area contributed by atoms with Gasteiger partial charge in [0, 0.05) is 37.9 Å². The Kier molecular flexibility index (Phi) is 4.87. The number of urea groups is 1. The molecule has 5 nitrogen and oxygen atoms in total. The number of anilines is 1. The van der Waals surface area contributed by atoms with Crippen LogP contribution in [0.2, 0.25) is 5.02 Å². The number of hydrogen-bond acceptors (Lipinski definition) is 3. The lowest BCUT2D eigenvalue weighted by Crippen LogP contribution is -2.43. The first kappa shape index (κ1) is 16.3. The maximum absolute atomic E-state index is 12.5. The number of fused-ring (bicyclic) bond motifs is 4. The SMILES string of the molecule is O=C(Nc1ccc(OC(F)F)c(Cl)c1)N1CCN2CCC1CC2. The van der Waals surface area contributed by atoms with Crippen molar-refractivity contribution in [2.75, 3.05) is 31.5 Å². The Balaban J connectivity index is 1.66. The van der Waals surface area contributed by atoms with Crippen molar-refractivity contribution in [1.29, 1.82) is 0 Å². The van der Waals surface area contributed by atoms with Crippen molar-refractivity contribution in [3.8, 4) is 5.75 Å². The number of carbonyl (C=O) groups excluding carboxylic acids is 1. The average molecular weight is 346 g/mol. The molecule has 3 heterocycles. The van der Waals surface area contributed by atoms with Crippen molar-refractivity contribution in [1.82, 2.24) is 9.80 Å². The maximum Gasteiger partial charge on any atom is 0.387 e. The zero-order chi connectivity index (χ0) is 16.4. The number of piperidine rings is 1. The van der Waals surface area contributed by atoms with Crippen LogP contribution in [0.4, 0.5) is 19.3 Å². The molecule has 1 N–H and O–H groups in total. The number of benzene rings is 1. The quantitative estimate of drug-likeness (QED) is 0.914. The number of amides is 2. The fraction of sp³-hybridized carbons (Fsp3) is 0.533. The average Bonchev–Trinajstić information content (AvgIpc) is 2.83. The summed E-state index contributed by atoms with van der Waals surface area (Å²) in [7, 11) is 0. The molecule has 0 unspecified atom stereocenters. The third-order valence-corrected chi connectivity index (χ3v) is 4.61. The maximum atomic E-state index is 12.5.